The van der Waals surface area contributed by atoms with E-state index in [0.717, 1.165) is 23.3 Å². The molecule has 1 aromatic carbocycles. The zero-order valence-corrected chi connectivity index (χ0v) is 10.6. The summed E-state index contributed by atoms with van der Waals surface area (Å²) in [5, 5.41) is 11.6. The second-order valence-electron chi connectivity index (χ2n) is 4.49. The van der Waals surface area contributed by atoms with E-state index in [1.54, 1.807) is 6.07 Å². The SMILES string of the molecule is Cc1cc(OCCC(C)C)ccc1/C(N)=N/O. The first-order valence-corrected chi connectivity index (χ1v) is 5.76. The van der Waals surface area contributed by atoms with Crippen molar-refractivity contribution in [1.29, 1.82) is 0 Å². The lowest BCUT2D eigenvalue weighted by atomic mass is 10.1. The number of rotatable bonds is 5. The van der Waals surface area contributed by atoms with Gasteiger partial charge in [-0.2, -0.15) is 0 Å². The van der Waals surface area contributed by atoms with Crippen LogP contribution in [0.5, 0.6) is 5.75 Å². The molecule has 1 rings (SSSR count). The molecule has 0 bridgehead atoms. The molecule has 0 aliphatic rings. The summed E-state index contributed by atoms with van der Waals surface area (Å²) in [5.74, 6) is 1.57. The van der Waals surface area contributed by atoms with Crippen LogP contribution < -0.4 is 10.5 Å². The average Bonchev–Trinajstić information content (AvgIpc) is 2.28. The molecular formula is C13H20N2O2. The van der Waals surface area contributed by atoms with Crippen molar-refractivity contribution in [2.75, 3.05) is 6.61 Å². The summed E-state index contributed by atoms with van der Waals surface area (Å²) in [6.45, 7) is 6.94. The largest absolute Gasteiger partial charge is 0.494 e. The molecule has 0 aromatic heterocycles. The molecule has 0 aliphatic heterocycles. The third-order valence-electron chi connectivity index (χ3n) is 2.55. The maximum absolute atomic E-state index is 8.62. The fourth-order valence-corrected chi connectivity index (χ4v) is 1.48. The Hall–Kier alpha value is -1.71. The second-order valence-corrected chi connectivity index (χ2v) is 4.49. The molecule has 0 saturated heterocycles. The molecule has 17 heavy (non-hydrogen) atoms. The van der Waals surface area contributed by atoms with E-state index < -0.39 is 0 Å². The highest BCUT2D eigenvalue weighted by Crippen LogP contribution is 2.17. The van der Waals surface area contributed by atoms with Crippen LogP contribution in [-0.2, 0) is 0 Å². The van der Waals surface area contributed by atoms with Crippen molar-refractivity contribution in [2.24, 2.45) is 16.8 Å². The number of ether oxygens (including phenoxy) is 1. The van der Waals surface area contributed by atoms with Crippen LogP contribution in [0.3, 0.4) is 0 Å². The number of amidine groups is 1. The van der Waals surface area contributed by atoms with E-state index >= 15 is 0 Å². The Bertz CT molecular complexity index is 400. The smallest absolute Gasteiger partial charge is 0.170 e. The Morgan fingerprint density at radius 3 is 2.71 bits per heavy atom. The first-order valence-electron chi connectivity index (χ1n) is 5.76. The van der Waals surface area contributed by atoms with Gasteiger partial charge >= 0.3 is 0 Å². The van der Waals surface area contributed by atoms with Crippen molar-refractivity contribution in [3.8, 4) is 5.75 Å². The number of nitrogens with two attached hydrogens (primary N) is 1. The maximum atomic E-state index is 8.62. The van der Waals surface area contributed by atoms with Gasteiger partial charge in [0.25, 0.3) is 0 Å². The Balaban J connectivity index is 2.69. The van der Waals surface area contributed by atoms with Gasteiger partial charge in [0.1, 0.15) is 5.75 Å². The van der Waals surface area contributed by atoms with Crippen LogP contribution in [0.4, 0.5) is 0 Å². The third-order valence-corrected chi connectivity index (χ3v) is 2.55. The summed E-state index contributed by atoms with van der Waals surface area (Å²) >= 11 is 0. The topological polar surface area (TPSA) is 67.8 Å². The monoisotopic (exact) mass is 236 g/mol. The van der Waals surface area contributed by atoms with Crippen molar-refractivity contribution in [3.63, 3.8) is 0 Å². The summed E-state index contributed by atoms with van der Waals surface area (Å²) in [6.07, 6.45) is 1.03. The van der Waals surface area contributed by atoms with Crippen molar-refractivity contribution in [2.45, 2.75) is 27.2 Å². The fourth-order valence-electron chi connectivity index (χ4n) is 1.48. The van der Waals surface area contributed by atoms with Gasteiger partial charge in [0.2, 0.25) is 0 Å². The summed E-state index contributed by atoms with van der Waals surface area (Å²) in [6, 6.07) is 5.53. The van der Waals surface area contributed by atoms with E-state index in [1.807, 2.05) is 19.1 Å². The zero-order valence-electron chi connectivity index (χ0n) is 10.6. The fraction of sp³-hybridized carbons (Fsp3) is 0.462. The molecule has 0 fully saturated rings. The summed E-state index contributed by atoms with van der Waals surface area (Å²) in [4.78, 5) is 0. The molecule has 0 saturated carbocycles. The minimum atomic E-state index is 0.122. The van der Waals surface area contributed by atoms with E-state index in [2.05, 4.69) is 19.0 Å². The standard InChI is InChI=1S/C13H20N2O2/c1-9(2)6-7-17-11-4-5-12(10(3)8-11)13(14)15-16/h4-5,8-9,16H,6-7H2,1-3H3,(H2,14,15). The Kier molecular flexibility index (Phi) is 4.82. The van der Waals surface area contributed by atoms with Gasteiger partial charge in [0, 0.05) is 5.56 Å². The highest BCUT2D eigenvalue weighted by atomic mass is 16.5. The Morgan fingerprint density at radius 2 is 2.18 bits per heavy atom. The Labute approximate surface area is 102 Å². The molecule has 4 heteroatoms. The molecule has 0 spiro atoms. The highest BCUT2D eigenvalue weighted by molar-refractivity contribution is 5.98. The van der Waals surface area contributed by atoms with Gasteiger partial charge in [-0.1, -0.05) is 19.0 Å². The van der Waals surface area contributed by atoms with Gasteiger partial charge in [0.05, 0.1) is 6.61 Å². The van der Waals surface area contributed by atoms with Crippen LogP contribution in [-0.4, -0.2) is 17.6 Å². The molecule has 3 N–H and O–H groups in total. The quantitative estimate of drug-likeness (QED) is 0.357. The maximum Gasteiger partial charge on any atom is 0.170 e. The third kappa shape index (κ3) is 3.98. The Morgan fingerprint density at radius 1 is 1.47 bits per heavy atom. The summed E-state index contributed by atoms with van der Waals surface area (Å²) in [5.41, 5.74) is 7.20. The van der Waals surface area contributed by atoms with Gasteiger partial charge in [0.15, 0.2) is 5.84 Å². The molecule has 4 nitrogen and oxygen atoms in total. The predicted octanol–water partition coefficient (Wildman–Crippen LogP) is 2.51. The van der Waals surface area contributed by atoms with Crippen LogP contribution >= 0.6 is 0 Å². The van der Waals surface area contributed by atoms with E-state index in [1.165, 1.54) is 0 Å². The lowest BCUT2D eigenvalue weighted by molar-refractivity contribution is 0.289. The van der Waals surface area contributed by atoms with Gasteiger partial charge < -0.3 is 15.7 Å². The molecule has 0 amide bonds. The lowest BCUT2D eigenvalue weighted by Gasteiger charge is -2.10. The van der Waals surface area contributed by atoms with Crippen LogP contribution in [0.25, 0.3) is 0 Å². The van der Waals surface area contributed by atoms with Gasteiger partial charge in [-0.15, -0.1) is 0 Å². The molecule has 0 heterocycles. The minimum absolute atomic E-state index is 0.122. The van der Waals surface area contributed by atoms with E-state index in [0.29, 0.717) is 12.5 Å². The van der Waals surface area contributed by atoms with Crippen LogP contribution in [0, 0.1) is 12.8 Å². The van der Waals surface area contributed by atoms with Crippen LogP contribution in [0.1, 0.15) is 31.4 Å². The molecular weight excluding hydrogens is 216 g/mol. The number of hydrogen-bond acceptors (Lipinski definition) is 3. The van der Waals surface area contributed by atoms with E-state index in [9.17, 15) is 0 Å². The number of oxime groups is 1. The molecule has 0 unspecified atom stereocenters. The van der Waals surface area contributed by atoms with Crippen LogP contribution in [0.15, 0.2) is 23.4 Å². The molecule has 1 aromatic rings. The first kappa shape index (κ1) is 13.4. The number of aryl methyl sites for hydroxylation is 1. The van der Waals surface area contributed by atoms with E-state index in [4.69, 9.17) is 15.7 Å². The molecule has 0 aliphatic carbocycles. The predicted molar refractivity (Wildman–Crippen MR) is 68.6 cm³/mol. The summed E-state index contributed by atoms with van der Waals surface area (Å²) < 4.78 is 5.62. The first-order chi connectivity index (χ1) is 8.04. The van der Waals surface area contributed by atoms with Crippen LogP contribution in [0.2, 0.25) is 0 Å². The van der Waals surface area contributed by atoms with Crippen molar-refractivity contribution >= 4 is 5.84 Å². The average molecular weight is 236 g/mol. The van der Waals surface area contributed by atoms with Crippen molar-refractivity contribution in [1.82, 2.24) is 0 Å². The highest BCUT2D eigenvalue weighted by Gasteiger charge is 2.05. The van der Waals surface area contributed by atoms with Gasteiger partial charge in [-0.25, -0.2) is 0 Å². The molecule has 0 atom stereocenters. The van der Waals surface area contributed by atoms with Gasteiger partial charge in [-0.3, -0.25) is 0 Å². The number of benzene rings is 1. The number of nitrogens with zero attached hydrogens (tertiary/aromatic N) is 1. The van der Waals surface area contributed by atoms with Gasteiger partial charge in [-0.05, 0) is 43.0 Å². The second kappa shape index (κ2) is 6.13. The zero-order chi connectivity index (χ0) is 12.8. The van der Waals surface area contributed by atoms with Crippen molar-refractivity contribution < 1.29 is 9.94 Å². The lowest BCUT2D eigenvalue weighted by Crippen LogP contribution is -2.14. The molecule has 0 radical (unpaired) electrons. The number of hydrogen-bond donors (Lipinski definition) is 2. The van der Waals surface area contributed by atoms with E-state index in [-0.39, 0.29) is 5.84 Å². The van der Waals surface area contributed by atoms with Crippen molar-refractivity contribution in [3.05, 3.63) is 29.3 Å². The summed E-state index contributed by atoms with van der Waals surface area (Å²) in [7, 11) is 0. The normalized spacial score (nSPS) is 11.9. The minimum Gasteiger partial charge on any atom is -0.494 e. The molecule has 94 valence electrons.